The van der Waals surface area contributed by atoms with Gasteiger partial charge in [0, 0.05) is 7.05 Å². The summed E-state index contributed by atoms with van der Waals surface area (Å²) < 4.78 is 0. The molecule has 1 rings (SSSR count). The van der Waals surface area contributed by atoms with Gasteiger partial charge in [-0.2, -0.15) is 5.26 Å². The van der Waals surface area contributed by atoms with Crippen LogP contribution in [0.1, 0.15) is 0 Å². The Hall–Kier alpha value is -1.04. The molecule has 0 saturated carbocycles. The zero-order valence-electron chi connectivity index (χ0n) is 4.63. The van der Waals surface area contributed by atoms with Gasteiger partial charge in [-0.1, -0.05) is 0 Å². The van der Waals surface area contributed by atoms with Crippen LogP contribution in [-0.2, 0) is 0 Å². The quantitative estimate of drug-likeness (QED) is 0.428. The Balaban J connectivity index is 2.49. The van der Waals surface area contributed by atoms with Crippen LogP contribution in [0.3, 0.4) is 0 Å². The molecule has 0 saturated heterocycles. The monoisotopic (exact) mass is 108 g/mol. The van der Waals surface area contributed by atoms with E-state index in [4.69, 9.17) is 5.26 Å². The summed E-state index contributed by atoms with van der Waals surface area (Å²) in [5, 5.41) is 8.27. The maximum Gasteiger partial charge on any atom is 0.168 e. The molecule has 0 aromatic rings. The molecule has 1 radical (unpaired) electrons. The van der Waals surface area contributed by atoms with Gasteiger partial charge in [0.25, 0.3) is 0 Å². The summed E-state index contributed by atoms with van der Waals surface area (Å²) in [7, 11) is 1.85. The van der Waals surface area contributed by atoms with Crippen LogP contribution in [0.25, 0.3) is 0 Å². The second-order valence-electron chi connectivity index (χ2n) is 1.75. The largest absolute Gasteiger partial charge is 0.354 e. The Morgan fingerprint density at radius 1 is 2.00 bits per heavy atom. The standard InChI is InChI=1S/C5H6N3/c1-8-3-5(2-6)7-4-8/h5H,3H2,1H3. The first-order valence-corrected chi connectivity index (χ1v) is 2.39. The van der Waals surface area contributed by atoms with E-state index in [0.29, 0.717) is 6.54 Å². The van der Waals surface area contributed by atoms with Crippen molar-refractivity contribution in [1.29, 1.82) is 5.26 Å². The smallest absolute Gasteiger partial charge is 0.168 e. The highest BCUT2D eigenvalue weighted by molar-refractivity contribution is 5.58. The van der Waals surface area contributed by atoms with Crippen molar-refractivity contribution in [1.82, 2.24) is 4.90 Å². The van der Waals surface area contributed by atoms with Gasteiger partial charge in [-0.15, -0.1) is 0 Å². The third kappa shape index (κ3) is 0.784. The first-order valence-electron chi connectivity index (χ1n) is 2.39. The van der Waals surface area contributed by atoms with Crippen molar-refractivity contribution in [3.63, 3.8) is 0 Å². The van der Waals surface area contributed by atoms with Gasteiger partial charge in [0.1, 0.15) is 0 Å². The van der Waals surface area contributed by atoms with Crippen LogP contribution >= 0.6 is 0 Å². The van der Waals surface area contributed by atoms with Crippen LogP contribution in [0.2, 0.25) is 0 Å². The molecule has 41 valence electrons. The lowest BCUT2D eigenvalue weighted by molar-refractivity contribution is 0.542. The van der Waals surface area contributed by atoms with Gasteiger partial charge in [0.15, 0.2) is 12.4 Å². The molecule has 0 N–H and O–H groups in total. The van der Waals surface area contributed by atoms with Crippen molar-refractivity contribution >= 4 is 6.34 Å². The number of hydrogen-bond acceptors (Lipinski definition) is 3. The van der Waals surface area contributed by atoms with E-state index in [-0.39, 0.29) is 6.04 Å². The number of hydrogen-bond donors (Lipinski definition) is 0. The van der Waals surface area contributed by atoms with Crippen molar-refractivity contribution in [2.45, 2.75) is 6.04 Å². The third-order valence-electron chi connectivity index (χ3n) is 0.980. The summed E-state index contributed by atoms with van der Waals surface area (Å²) in [6, 6.07) is 1.84. The molecule has 0 amide bonds. The molecule has 0 aromatic heterocycles. The number of nitrogens with zero attached hydrogens (tertiary/aromatic N) is 3. The molecule has 1 atom stereocenters. The molecule has 3 heteroatoms. The second-order valence-corrected chi connectivity index (χ2v) is 1.75. The second kappa shape index (κ2) is 1.83. The van der Waals surface area contributed by atoms with Gasteiger partial charge in [-0.05, 0) is 0 Å². The van der Waals surface area contributed by atoms with Crippen molar-refractivity contribution in [2.75, 3.05) is 13.6 Å². The first kappa shape index (κ1) is 5.10. The SMILES string of the molecule is CN1[C]=NC(C#N)C1. The minimum atomic E-state index is -0.181. The van der Waals surface area contributed by atoms with E-state index in [1.54, 1.807) is 4.90 Å². The average Bonchev–Trinajstić information content (AvgIpc) is 2.14. The highest BCUT2D eigenvalue weighted by Gasteiger charge is 2.12. The lowest BCUT2D eigenvalue weighted by atomic mass is 10.4. The van der Waals surface area contributed by atoms with E-state index < -0.39 is 0 Å². The van der Waals surface area contributed by atoms with Gasteiger partial charge in [0.2, 0.25) is 0 Å². The lowest BCUT2D eigenvalue weighted by Gasteiger charge is -2.01. The number of nitriles is 1. The molecule has 1 unspecified atom stereocenters. The molecule has 0 aromatic carbocycles. The lowest BCUT2D eigenvalue weighted by Crippen LogP contribution is -2.16. The Morgan fingerprint density at radius 3 is 3.00 bits per heavy atom. The van der Waals surface area contributed by atoms with Gasteiger partial charge in [-0.3, -0.25) is 0 Å². The molecule has 1 aliphatic rings. The van der Waals surface area contributed by atoms with Gasteiger partial charge in [-0.25, -0.2) is 4.99 Å². The first-order chi connectivity index (χ1) is 3.83. The fourth-order valence-corrected chi connectivity index (χ4v) is 0.579. The van der Waals surface area contributed by atoms with Crippen molar-refractivity contribution in [3.8, 4) is 6.07 Å². The average molecular weight is 108 g/mol. The zero-order valence-corrected chi connectivity index (χ0v) is 4.63. The van der Waals surface area contributed by atoms with Crippen LogP contribution in [0.5, 0.6) is 0 Å². The highest BCUT2D eigenvalue weighted by atomic mass is 15.2. The Bertz CT molecular complexity index is 144. The topological polar surface area (TPSA) is 39.4 Å². The van der Waals surface area contributed by atoms with Crippen LogP contribution in [0, 0.1) is 11.3 Å². The van der Waals surface area contributed by atoms with Crippen molar-refractivity contribution in [2.24, 2.45) is 4.99 Å². The van der Waals surface area contributed by atoms with Crippen LogP contribution < -0.4 is 0 Å². The maximum absolute atomic E-state index is 8.27. The number of likely N-dealkylation sites (N-methyl/N-ethyl adjacent to an activating group) is 1. The third-order valence-corrected chi connectivity index (χ3v) is 0.980. The number of rotatable bonds is 0. The van der Waals surface area contributed by atoms with E-state index in [1.807, 2.05) is 13.1 Å². The zero-order chi connectivity index (χ0) is 5.98. The molecule has 0 spiro atoms. The van der Waals surface area contributed by atoms with E-state index >= 15 is 0 Å². The minimum Gasteiger partial charge on any atom is -0.354 e. The summed E-state index contributed by atoms with van der Waals surface area (Å²) in [5.41, 5.74) is 0. The Labute approximate surface area is 48.2 Å². The normalized spacial score (nSPS) is 26.0. The van der Waals surface area contributed by atoms with E-state index in [9.17, 15) is 0 Å². The Morgan fingerprint density at radius 2 is 2.75 bits per heavy atom. The molecule has 1 heterocycles. The van der Waals surface area contributed by atoms with E-state index in [0.717, 1.165) is 0 Å². The molecule has 0 bridgehead atoms. The predicted octanol–water partition coefficient (Wildman–Crippen LogP) is -0.271. The molecule has 1 aliphatic heterocycles. The van der Waals surface area contributed by atoms with Crippen LogP contribution in [-0.4, -0.2) is 30.9 Å². The van der Waals surface area contributed by atoms with Crippen molar-refractivity contribution < 1.29 is 0 Å². The summed E-state index contributed by atoms with van der Waals surface area (Å²) in [4.78, 5) is 5.52. The summed E-state index contributed by atoms with van der Waals surface area (Å²) >= 11 is 0. The van der Waals surface area contributed by atoms with Gasteiger partial charge < -0.3 is 4.90 Å². The van der Waals surface area contributed by atoms with Crippen LogP contribution in [0.15, 0.2) is 4.99 Å². The predicted molar refractivity (Wildman–Crippen MR) is 29.5 cm³/mol. The van der Waals surface area contributed by atoms with Crippen LogP contribution in [0.4, 0.5) is 0 Å². The minimum absolute atomic E-state index is 0.181. The van der Waals surface area contributed by atoms with Gasteiger partial charge in [0.05, 0.1) is 12.6 Å². The Kier molecular flexibility index (Phi) is 1.17. The number of aliphatic imine (C=N–C) groups is 1. The molecule has 0 aliphatic carbocycles. The molecular weight excluding hydrogens is 102 g/mol. The maximum atomic E-state index is 8.27. The molecule has 8 heavy (non-hydrogen) atoms. The van der Waals surface area contributed by atoms with Gasteiger partial charge >= 0.3 is 0 Å². The fraction of sp³-hybridized carbons (Fsp3) is 0.600. The highest BCUT2D eigenvalue weighted by Crippen LogP contribution is 1.97. The molecular formula is C5H6N3. The summed E-state index contributed by atoms with van der Waals surface area (Å²) in [6.07, 6.45) is 2.66. The van der Waals surface area contributed by atoms with E-state index in [1.165, 1.54) is 0 Å². The fourth-order valence-electron chi connectivity index (χ4n) is 0.579. The molecule has 0 fully saturated rings. The summed E-state index contributed by atoms with van der Waals surface area (Å²) in [6.45, 7) is 0.691. The van der Waals surface area contributed by atoms with Crippen molar-refractivity contribution in [3.05, 3.63) is 0 Å². The molecule has 3 nitrogen and oxygen atoms in total. The summed E-state index contributed by atoms with van der Waals surface area (Å²) in [5.74, 6) is 0. The van der Waals surface area contributed by atoms with E-state index in [2.05, 4.69) is 11.3 Å².